The van der Waals surface area contributed by atoms with Gasteiger partial charge in [-0.2, -0.15) is 0 Å². The molecule has 1 atom stereocenters. The number of esters is 1. The van der Waals surface area contributed by atoms with Crippen LogP contribution in [0.2, 0.25) is 5.02 Å². The van der Waals surface area contributed by atoms with E-state index in [0.29, 0.717) is 16.1 Å². The van der Waals surface area contributed by atoms with Crippen molar-refractivity contribution in [1.82, 2.24) is 4.90 Å². The van der Waals surface area contributed by atoms with Crippen LogP contribution in [0, 0.1) is 0 Å². The van der Waals surface area contributed by atoms with E-state index in [9.17, 15) is 14.4 Å². The van der Waals surface area contributed by atoms with Crippen LogP contribution < -0.4 is 4.74 Å². The number of fused-ring (bicyclic) bond motifs is 1. The summed E-state index contributed by atoms with van der Waals surface area (Å²) in [6.07, 6.45) is 0. The zero-order valence-electron chi connectivity index (χ0n) is 12.2. The van der Waals surface area contributed by atoms with Gasteiger partial charge >= 0.3 is 5.97 Å². The number of ether oxygens (including phenoxy) is 1. The molecule has 2 aromatic carbocycles. The first-order chi connectivity index (χ1) is 11.0. The molecule has 0 radical (unpaired) electrons. The lowest BCUT2D eigenvalue weighted by Crippen LogP contribution is -2.44. The van der Waals surface area contributed by atoms with Gasteiger partial charge in [-0.1, -0.05) is 29.8 Å². The quantitative estimate of drug-likeness (QED) is 0.493. The van der Waals surface area contributed by atoms with Crippen molar-refractivity contribution in [3.63, 3.8) is 0 Å². The Labute approximate surface area is 137 Å². The van der Waals surface area contributed by atoms with E-state index < -0.39 is 23.8 Å². The standard InChI is InChI=1S/C17H12ClNO4/c1-10(17(22)23-12-6-4-5-11(18)9-12)19-15(20)13-7-2-3-8-14(13)16(19)21/h2-10H,1H3/t10-/m1/s1. The number of halogens is 1. The number of hydrogen-bond acceptors (Lipinski definition) is 4. The van der Waals surface area contributed by atoms with Crippen molar-refractivity contribution in [1.29, 1.82) is 0 Å². The fourth-order valence-corrected chi connectivity index (χ4v) is 2.58. The summed E-state index contributed by atoms with van der Waals surface area (Å²) >= 11 is 5.83. The minimum Gasteiger partial charge on any atom is -0.425 e. The third-order valence-electron chi connectivity index (χ3n) is 3.57. The molecule has 0 saturated heterocycles. The number of carbonyl (C=O) groups is 3. The number of nitrogens with zero attached hydrogens (tertiary/aromatic N) is 1. The maximum Gasteiger partial charge on any atom is 0.334 e. The minimum atomic E-state index is -1.04. The molecule has 0 unspecified atom stereocenters. The first-order valence-electron chi connectivity index (χ1n) is 6.93. The van der Waals surface area contributed by atoms with Gasteiger partial charge in [0.1, 0.15) is 11.8 Å². The van der Waals surface area contributed by atoms with Gasteiger partial charge in [-0.3, -0.25) is 14.5 Å². The van der Waals surface area contributed by atoms with Gasteiger partial charge in [0, 0.05) is 5.02 Å². The summed E-state index contributed by atoms with van der Waals surface area (Å²) in [6.45, 7) is 1.45. The zero-order chi connectivity index (χ0) is 16.6. The fraction of sp³-hybridized carbons (Fsp3) is 0.118. The van der Waals surface area contributed by atoms with Crippen LogP contribution in [0.5, 0.6) is 5.75 Å². The van der Waals surface area contributed by atoms with E-state index in [1.54, 1.807) is 42.5 Å². The lowest BCUT2D eigenvalue weighted by molar-refractivity contribution is -0.138. The highest BCUT2D eigenvalue weighted by molar-refractivity contribution is 6.30. The average Bonchev–Trinajstić information content (AvgIpc) is 2.79. The Kier molecular flexibility index (Phi) is 3.88. The van der Waals surface area contributed by atoms with Crippen molar-refractivity contribution in [2.45, 2.75) is 13.0 Å². The maximum atomic E-state index is 12.3. The van der Waals surface area contributed by atoms with Gasteiger partial charge in [-0.15, -0.1) is 0 Å². The zero-order valence-corrected chi connectivity index (χ0v) is 12.9. The third-order valence-corrected chi connectivity index (χ3v) is 3.80. The van der Waals surface area contributed by atoms with Gasteiger partial charge < -0.3 is 4.74 Å². The lowest BCUT2D eigenvalue weighted by atomic mass is 10.1. The topological polar surface area (TPSA) is 63.7 Å². The molecule has 1 aliphatic heterocycles. The summed E-state index contributed by atoms with van der Waals surface area (Å²) in [6, 6.07) is 11.7. The maximum absolute atomic E-state index is 12.3. The first kappa shape index (κ1) is 15.2. The van der Waals surface area contributed by atoms with Crippen LogP contribution in [-0.2, 0) is 4.79 Å². The highest BCUT2D eigenvalue weighted by Gasteiger charge is 2.41. The number of imide groups is 1. The predicted octanol–water partition coefficient (Wildman–Crippen LogP) is 2.93. The van der Waals surface area contributed by atoms with Gasteiger partial charge in [-0.05, 0) is 37.3 Å². The van der Waals surface area contributed by atoms with Crippen LogP contribution in [0.1, 0.15) is 27.6 Å². The summed E-state index contributed by atoms with van der Waals surface area (Å²) in [7, 11) is 0. The Morgan fingerprint density at radius 1 is 1.04 bits per heavy atom. The number of carbonyl (C=O) groups excluding carboxylic acids is 3. The van der Waals surface area contributed by atoms with Crippen molar-refractivity contribution in [3.05, 3.63) is 64.7 Å². The molecule has 0 bridgehead atoms. The van der Waals surface area contributed by atoms with E-state index in [1.807, 2.05) is 0 Å². The van der Waals surface area contributed by atoms with E-state index in [2.05, 4.69) is 0 Å². The predicted molar refractivity (Wildman–Crippen MR) is 83.5 cm³/mol. The van der Waals surface area contributed by atoms with Crippen LogP contribution in [0.4, 0.5) is 0 Å². The normalized spacial score (nSPS) is 14.6. The van der Waals surface area contributed by atoms with Crippen LogP contribution >= 0.6 is 11.6 Å². The van der Waals surface area contributed by atoms with E-state index in [-0.39, 0.29) is 5.75 Å². The molecule has 6 heteroatoms. The van der Waals surface area contributed by atoms with Crippen molar-refractivity contribution >= 4 is 29.4 Å². The Bertz CT molecular complexity index is 783. The molecule has 2 amide bonds. The van der Waals surface area contributed by atoms with E-state index in [1.165, 1.54) is 13.0 Å². The molecule has 0 N–H and O–H groups in total. The molecule has 1 aliphatic rings. The van der Waals surface area contributed by atoms with E-state index >= 15 is 0 Å². The molecule has 0 fully saturated rings. The second-order valence-corrected chi connectivity index (χ2v) is 5.52. The monoisotopic (exact) mass is 329 g/mol. The second-order valence-electron chi connectivity index (χ2n) is 5.08. The molecular weight excluding hydrogens is 318 g/mol. The molecule has 1 heterocycles. The summed E-state index contributed by atoms with van der Waals surface area (Å²) in [4.78, 5) is 37.8. The third kappa shape index (κ3) is 2.71. The summed E-state index contributed by atoms with van der Waals surface area (Å²) < 4.78 is 5.20. The van der Waals surface area contributed by atoms with Gasteiger partial charge in [0.2, 0.25) is 0 Å². The van der Waals surface area contributed by atoms with Crippen molar-refractivity contribution in [2.75, 3.05) is 0 Å². The molecule has 0 saturated carbocycles. The molecule has 0 aromatic heterocycles. The van der Waals surface area contributed by atoms with E-state index in [0.717, 1.165) is 4.90 Å². The molecule has 0 aliphatic carbocycles. The second kappa shape index (κ2) is 5.85. The largest absolute Gasteiger partial charge is 0.425 e. The number of rotatable bonds is 3. The van der Waals surface area contributed by atoms with Crippen molar-refractivity contribution in [2.24, 2.45) is 0 Å². The summed E-state index contributed by atoms with van der Waals surface area (Å²) in [5.74, 6) is -1.45. The highest BCUT2D eigenvalue weighted by atomic mass is 35.5. The molecule has 0 spiro atoms. The smallest absolute Gasteiger partial charge is 0.334 e. The summed E-state index contributed by atoms with van der Waals surface area (Å²) in [5, 5.41) is 0.420. The van der Waals surface area contributed by atoms with Crippen molar-refractivity contribution < 1.29 is 19.1 Å². The Morgan fingerprint density at radius 2 is 1.65 bits per heavy atom. The van der Waals surface area contributed by atoms with Crippen LogP contribution in [-0.4, -0.2) is 28.7 Å². The average molecular weight is 330 g/mol. The first-order valence-corrected chi connectivity index (χ1v) is 7.31. The number of benzene rings is 2. The number of hydrogen-bond donors (Lipinski definition) is 0. The molecule has 116 valence electrons. The van der Waals surface area contributed by atoms with Gasteiger partial charge in [0.15, 0.2) is 0 Å². The lowest BCUT2D eigenvalue weighted by Gasteiger charge is -2.20. The van der Waals surface area contributed by atoms with Gasteiger partial charge in [-0.25, -0.2) is 4.79 Å². The minimum absolute atomic E-state index is 0.256. The molecular formula is C17H12ClNO4. The van der Waals surface area contributed by atoms with Crippen LogP contribution in [0.15, 0.2) is 48.5 Å². The number of amides is 2. The van der Waals surface area contributed by atoms with Crippen LogP contribution in [0.25, 0.3) is 0 Å². The summed E-state index contributed by atoms with van der Waals surface area (Å²) in [5.41, 5.74) is 0.583. The SMILES string of the molecule is C[C@H](C(=O)Oc1cccc(Cl)c1)N1C(=O)c2ccccc2C1=O. The van der Waals surface area contributed by atoms with E-state index in [4.69, 9.17) is 16.3 Å². The fourth-order valence-electron chi connectivity index (χ4n) is 2.40. The molecule has 5 nitrogen and oxygen atoms in total. The Morgan fingerprint density at radius 3 is 2.22 bits per heavy atom. The van der Waals surface area contributed by atoms with Crippen molar-refractivity contribution in [3.8, 4) is 5.75 Å². The van der Waals surface area contributed by atoms with Gasteiger partial charge in [0.25, 0.3) is 11.8 Å². The highest BCUT2D eigenvalue weighted by Crippen LogP contribution is 2.25. The molecule has 3 rings (SSSR count). The van der Waals surface area contributed by atoms with Gasteiger partial charge in [0.05, 0.1) is 11.1 Å². The van der Waals surface area contributed by atoms with Crippen LogP contribution in [0.3, 0.4) is 0 Å². The Hall–Kier alpha value is -2.66. The molecule has 23 heavy (non-hydrogen) atoms. The molecule has 2 aromatic rings. The Balaban J connectivity index is 1.81.